The summed E-state index contributed by atoms with van der Waals surface area (Å²) in [7, 11) is 0. The molecule has 2 unspecified atom stereocenters. The molecule has 0 radical (unpaired) electrons. The monoisotopic (exact) mass is 332 g/mol. The molecule has 2 saturated heterocycles. The van der Waals surface area contributed by atoms with Crippen LogP contribution in [0.2, 0.25) is 5.02 Å². The van der Waals surface area contributed by atoms with Gasteiger partial charge in [0.2, 0.25) is 0 Å². The molecule has 126 valence electrons. The van der Waals surface area contributed by atoms with E-state index < -0.39 is 0 Å². The molecule has 2 heterocycles. The van der Waals surface area contributed by atoms with Gasteiger partial charge in [-0.15, -0.1) is 0 Å². The van der Waals surface area contributed by atoms with Crippen molar-refractivity contribution in [1.82, 2.24) is 9.80 Å². The minimum absolute atomic E-state index is 0.769. The maximum absolute atomic E-state index is 6.21. The van der Waals surface area contributed by atoms with Gasteiger partial charge in [0.1, 0.15) is 0 Å². The van der Waals surface area contributed by atoms with Crippen LogP contribution < -0.4 is 0 Å². The van der Waals surface area contributed by atoms with Crippen LogP contribution in [0.3, 0.4) is 0 Å². The van der Waals surface area contributed by atoms with Crippen molar-refractivity contribution < 1.29 is 0 Å². The smallest absolute Gasteiger partial charge is 0.0409 e. The van der Waals surface area contributed by atoms with E-state index >= 15 is 0 Å². The first-order valence-corrected chi connectivity index (χ1v) is 9.91. The van der Waals surface area contributed by atoms with E-state index in [-0.39, 0.29) is 0 Å². The van der Waals surface area contributed by atoms with Crippen molar-refractivity contribution in [1.29, 1.82) is 0 Å². The number of nitrogens with zero attached hydrogens (tertiary/aromatic N) is 2. The van der Waals surface area contributed by atoms with Crippen LogP contribution in [0.5, 0.6) is 0 Å². The summed E-state index contributed by atoms with van der Waals surface area (Å²) in [5.41, 5.74) is 1.38. The van der Waals surface area contributed by atoms with Crippen molar-refractivity contribution in [2.75, 3.05) is 19.6 Å². The summed E-state index contributed by atoms with van der Waals surface area (Å²) in [5, 5.41) is 0.871. The molecule has 2 nitrogen and oxygen atoms in total. The van der Waals surface area contributed by atoms with Crippen LogP contribution in [-0.2, 0) is 6.54 Å². The summed E-state index contributed by atoms with van der Waals surface area (Å²) in [6.07, 6.45) is 10.0. The normalized spacial score (nSPS) is 30.5. The fourth-order valence-electron chi connectivity index (χ4n) is 5.31. The summed E-state index contributed by atoms with van der Waals surface area (Å²) >= 11 is 6.21. The van der Waals surface area contributed by atoms with Crippen LogP contribution in [0.4, 0.5) is 0 Å². The predicted octanol–water partition coefficient (Wildman–Crippen LogP) is 4.57. The minimum Gasteiger partial charge on any atom is -0.298 e. The summed E-state index contributed by atoms with van der Waals surface area (Å²) in [6.45, 7) is 4.89. The second-order valence-electron chi connectivity index (χ2n) is 7.73. The van der Waals surface area contributed by atoms with E-state index in [1.54, 1.807) is 0 Å². The van der Waals surface area contributed by atoms with Gasteiger partial charge in [-0.05, 0) is 55.8 Å². The summed E-state index contributed by atoms with van der Waals surface area (Å²) in [4.78, 5) is 5.59. The van der Waals surface area contributed by atoms with E-state index in [1.807, 2.05) is 6.07 Å². The second kappa shape index (κ2) is 7.13. The number of fused-ring (bicyclic) bond motifs is 1. The largest absolute Gasteiger partial charge is 0.298 e. The highest BCUT2D eigenvalue weighted by molar-refractivity contribution is 6.30. The maximum Gasteiger partial charge on any atom is 0.0409 e. The predicted molar refractivity (Wildman–Crippen MR) is 96.8 cm³/mol. The molecule has 0 aromatic heterocycles. The van der Waals surface area contributed by atoms with Gasteiger partial charge in [-0.25, -0.2) is 0 Å². The van der Waals surface area contributed by atoms with E-state index in [0.717, 1.165) is 29.6 Å². The zero-order valence-corrected chi connectivity index (χ0v) is 14.8. The van der Waals surface area contributed by atoms with E-state index in [0.29, 0.717) is 0 Å². The van der Waals surface area contributed by atoms with Gasteiger partial charge in [0.15, 0.2) is 0 Å². The van der Waals surface area contributed by atoms with Crippen molar-refractivity contribution >= 4 is 11.6 Å². The zero-order valence-electron chi connectivity index (χ0n) is 14.1. The Bertz CT molecular complexity index is 526. The molecular weight excluding hydrogens is 304 g/mol. The lowest BCUT2D eigenvalue weighted by Crippen LogP contribution is -2.59. The lowest BCUT2D eigenvalue weighted by molar-refractivity contribution is -0.00379. The molecular formula is C20H29ClN2. The summed E-state index contributed by atoms with van der Waals surface area (Å²) in [5.74, 6) is 0.911. The average Bonchev–Trinajstić information content (AvgIpc) is 3.04. The molecule has 2 aliphatic heterocycles. The number of hydrogen-bond donors (Lipinski definition) is 0. The Labute approximate surface area is 145 Å². The van der Waals surface area contributed by atoms with Crippen molar-refractivity contribution in [2.45, 2.75) is 63.6 Å². The van der Waals surface area contributed by atoms with Crippen molar-refractivity contribution in [2.24, 2.45) is 5.92 Å². The van der Waals surface area contributed by atoms with Gasteiger partial charge in [0.25, 0.3) is 0 Å². The van der Waals surface area contributed by atoms with Gasteiger partial charge in [-0.2, -0.15) is 0 Å². The second-order valence-corrected chi connectivity index (χ2v) is 8.17. The van der Waals surface area contributed by atoms with Gasteiger partial charge in [-0.1, -0.05) is 43.0 Å². The molecule has 1 aromatic rings. The molecule has 3 heteroatoms. The number of piperazine rings is 1. The zero-order chi connectivity index (χ0) is 15.6. The van der Waals surface area contributed by atoms with Crippen molar-refractivity contribution in [3.05, 3.63) is 34.9 Å². The Morgan fingerprint density at radius 1 is 0.957 bits per heavy atom. The first-order chi connectivity index (χ1) is 11.3. The summed E-state index contributed by atoms with van der Waals surface area (Å²) in [6, 6.07) is 10.1. The maximum atomic E-state index is 6.21. The van der Waals surface area contributed by atoms with Gasteiger partial charge < -0.3 is 0 Å². The molecule has 1 saturated carbocycles. The Kier molecular flexibility index (Phi) is 4.93. The molecule has 3 fully saturated rings. The number of hydrogen-bond acceptors (Lipinski definition) is 2. The molecule has 3 aliphatic rings. The molecule has 0 bridgehead atoms. The molecule has 0 spiro atoms. The molecule has 1 aromatic carbocycles. The Morgan fingerprint density at radius 2 is 1.83 bits per heavy atom. The third kappa shape index (κ3) is 3.45. The Hall–Kier alpha value is -0.570. The number of benzene rings is 1. The van der Waals surface area contributed by atoms with Gasteiger partial charge in [-0.3, -0.25) is 9.80 Å². The highest BCUT2D eigenvalue weighted by Crippen LogP contribution is 2.38. The van der Waals surface area contributed by atoms with Crippen LogP contribution in [-0.4, -0.2) is 41.5 Å². The average molecular weight is 333 g/mol. The molecule has 1 aliphatic carbocycles. The lowest BCUT2D eigenvalue weighted by Gasteiger charge is -2.49. The molecule has 0 amide bonds. The van der Waals surface area contributed by atoms with Crippen LogP contribution >= 0.6 is 11.6 Å². The van der Waals surface area contributed by atoms with E-state index in [9.17, 15) is 0 Å². The lowest BCUT2D eigenvalue weighted by atomic mass is 9.78. The number of rotatable bonds is 3. The third-order valence-corrected chi connectivity index (χ3v) is 6.55. The topological polar surface area (TPSA) is 6.48 Å². The van der Waals surface area contributed by atoms with Gasteiger partial charge in [0, 0.05) is 36.7 Å². The highest BCUT2D eigenvalue weighted by Gasteiger charge is 2.42. The van der Waals surface area contributed by atoms with Crippen LogP contribution in [0, 0.1) is 5.92 Å². The Morgan fingerprint density at radius 3 is 2.65 bits per heavy atom. The van der Waals surface area contributed by atoms with E-state index in [1.165, 1.54) is 70.1 Å². The molecule has 23 heavy (non-hydrogen) atoms. The van der Waals surface area contributed by atoms with Crippen molar-refractivity contribution in [3.8, 4) is 0 Å². The standard InChI is InChI=1S/C20H29ClN2/c21-18-9-4-6-16(14-18)15-23-13-12-22-11-5-10-19(22)20(23)17-7-2-1-3-8-17/h4,6,9,14,17,19-20H,1-3,5,7-8,10-13,15H2. The van der Waals surface area contributed by atoms with E-state index in [4.69, 9.17) is 11.6 Å². The van der Waals surface area contributed by atoms with Gasteiger partial charge in [0.05, 0.1) is 0 Å². The number of halogens is 1. The fourth-order valence-corrected chi connectivity index (χ4v) is 5.52. The quantitative estimate of drug-likeness (QED) is 0.800. The van der Waals surface area contributed by atoms with Crippen LogP contribution in [0.1, 0.15) is 50.5 Å². The van der Waals surface area contributed by atoms with Crippen LogP contribution in [0.15, 0.2) is 24.3 Å². The Balaban J connectivity index is 1.55. The third-order valence-electron chi connectivity index (χ3n) is 6.31. The highest BCUT2D eigenvalue weighted by atomic mass is 35.5. The van der Waals surface area contributed by atoms with Crippen LogP contribution in [0.25, 0.3) is 0 Å². The van der Waals surface area contributed by atoms with E-state index in [2.05, 4.69) is 28.0 Å². The first-order valence-electron chi connectivity index (χ1n) is 9.54. The molecule has 4 rings (SSSR count). The van der Waals surface area contributed by atoms with Gasteiger partial charge >= 0.3 is 0 Å². The van der Waals surface area contributed by atoms with Crippen molar-refractivity contribution in [3.63, 3.8) is 0 Å². The first kappa shape index (κ1) is 15.9. The molecule has 2 atom stereocenters. The SMILES string of the molecule is Clc1cccc(CN2CCN3CCCC3C2C2CCCCC2)c1. The fraction of sp³-hybridized carbons (Fsp3) is 0.700. The molecule has 0 N–H and O–H groups in total. The summed E-state index contributed by atoms with van der Waals surface area (Å²) < 4.78 is 0. The minimum atomic E-state index is 0.769.